The highest BCUT2D eigenvalue weighted by atomic mass is 35.5. The van der Waals surface area contributed by atoms with Gasteiger partial charge in [0.25, 0.3) is 0 Å². The molecule has 3 nitrogen and oxygen atoms in total. The van der Waals surface area contributed by atoms with Crippen LogP contribution in [-0.2, 0) is 4.74 Å². The van der Waals surface area contributed by atoms with Crippen LogP contribution in [0.3, 0.4) is 0 Å². The Labute approximate surface area is 180 Å². The number of aliphatic imine (C=N–C) groups is 1. The van der Waals surface area contributed by atoms with Gasteiger partial charge in [-0.3, -0.25) is 0 Å². The molecule has 0 amide bonds. The smallest absolute Gasteiger partial charge is 0.472 e. The number of nitrogens with zero attached hydrogens (tertiary/aromatic N) is 1. The molecule has 0 saturated heterocycles. The first kappa shape index (κ1) is 21.2. The molecular weight excluding hydrogens is 434 g/mol. The Kier molecular flexibility index (Phi) is 5.62. The zero-order chi connectivity index (χ0) is 22.2. The fourth-order valence-corrected chi connectivity index (χ4v) is 3.64. The summed E-state index contributed by atoms with van der Waals surface area (Å²) in [5.41, 5.74) is 2.54. The highest BCUT2D eigenvalue weighted by Crippen LogP contribution is 2.34. The number of hydrogen-bond acceptors (Lipinski definition) is 3. The Morgan fingerprint density at radius 3 is 2.13 bits per heavy atom. The lowest BCUT2D eigenvalue weighted by Gasteiger charge is -2.14. The van der Waals surface area contributed by atoms with Crippen LogP contribution in [0.4, 0.5) is 17.6 Å². The minimum Gasteiger partial charge on any atom is -0.472 e. The molecule has 1 heterocycles. The van der Waals surface area contributed by atoms with E-state index in [2.05, 4.69) is 9.73 Å². The number of hydrogen-bond donors (Lipinski definition) is 0. The first-order valence-corrected chi connectivity index (χ1v) is 9.74. The van der Waals surface area contributed by atoms with Crippen LogP contribution >= 0.6 is 11.6 Å². The first-order chi connectivity index (χ1) is 14.7. The second-order valence-electron chi connectivity index (χ2n) is 6.99. The zero-order valence-electron chi connectivity index (χ0n) is 16.2. The molecule has 1 aliphatic rings. The van der Waals surface area contributed by atoms with Gasteiger partial charge in [0, 0.05) is 0 Å². The molecule has 0 spiro atoms. The van der Waals surface area contributed by atoms with Gasteiger partial charge in [-0.05, 0) is 47.9 Å². The van der Waals surface area contributed by atoms with Crippen molar-refractivity contribution in [2.75, 3.05) is 0 Å². The standard InChI is InChI=1S/C23H16ClF4NO2/c1-13-21(29-22(30-13)20-18(24)3-2-4-19(20)25)16-7-5-14(6-8-16)15-9-11-17(12-10-15)31-23(26,27)28/h2-13,21H,1H3/t13-,21-/m1/s1. The topological polar surface area (TPSA) is 30.8 Å². The molecule has 31 heavy (non-hydrogen) atoms. The van der Waals surface area contributed by atoms with Crippen molar-refractivity contribution in [2.45, 2.75) is 25.4 Å². The Morgan fingerprint density at radius 2 is 1.55 bits per heavy atom. The van der Waals surface area contributed by atoms with Gasteiger partial charge in [-0.2, -0.15) is 0 Å². The van der Waals surface area contributed by atoms with E-state index in [1.54, 1.807) is 18.2 Å². The third-order valence-corrected chi connectivity index (χ3v) is 5.16. The van der Waals surface area contributed by atoms with Gasteiger partial charge in [0.15, 0.2) is 0 Å². The lowest BCUT2D eigenvalue weighted by molar-refractivity contribution is -0.274. The second kappa shape index (κ2) is 8.23. The van der Waals surface area contributed by atoms with Crippen molar-refractivity contribution in [3.05, 3.63) is 88.7 Å². The van der Waals surface area contributed by atoms with Gasteiger partial charge in [0.2, 0.25) is 5.90 Å². The quantitative estimate of drug-likeness (QED) is 0.403. The van der Waals surface area contributed by atoms with Crippen LogP contribution in [0.25, 0.3) is 11.1 Å². The van der Waals surface area contributed by atoms with Gasteiger partial charge in [-0.25, -0.2) is 9.38 Å². The molecule has 0 aliphatic carbocycles. The monoisotopic (exact) mass is 449 g/mol. The summed E-state index contributed by atoms with van der Waals surface area (Å²) in [5, 5.41) is 0.222. The van der Waals surface area contributed by atoms with Crippen molar-refractivity contribution >= 4 is 17.5 Å². The van der Waals surface area contributed by atoms with Crippen LogP contribution in [0.5, 0.6) is 5.75 Å². The summed E-state index contributed by atoms with van der Waals surface area (Å²) in [6.07, 6.45) is -5.05. The molecule has 8 heteroatoms. The van der Waals surface area contributed by atoms with Gasteiger partial charge in [-0.15, -0.1) is 13.2 Å². The second-order valence-corrected chi connectivity index (χ2v) is 7.40. The summed E-state index contributed by atoms with van der Waals surface area (Å²) >= 11 is 6.11. The maximum atomic E-state index is 14.2. The molecule has 0 radical (unpaired) electrons. The molecule has 0 bridgehead atoms. The molecule has 0 saturated carbocycles. The van der Waals surface area contributed by atoms with Gasteiger partial charge >= 0.3 is 6.36 Å². The minimum atomic E-state index is -4.73. The Bertz CT molecular complexity index is 1090. The van der Waals surface area contributed by atoms with Crippen molar-refractivity contribution in [2.24, 2.45) is 4.99 Å². The number of rotatable bonds is 4. The van der Waals surface area contributed by atoms with Gasteiger partial charge in [0.05, 0.1) is 10.6 Å². The highest BCUT2D eigenvalue weighted by Gasteiger charge is 2.32. The van der Waals surface area contributed by atoms with E-state index in [0.29, 0.717) is 0 Å². The predicted molar refractivity (Wildman–Crippen MR) is 110 cm³/mol. The Morgan fingerprint density at radius 1 is 0.935 bits per heavy atom. The summed E-state index contributed by atoms with van der Waals surface area (Å²) in [7, 11) is 0. The van der Waals surface area contributed by atoms with Gasteiger partial charge in [0.1, 0.15) is 23.7 Å². The molecule has 3 aromatic carbocycles. The third-order valence-electron chi connectivity index (χ3n) is 4.85. The van der Waals surface area contributed by atoms with E-state index in [0.717, 1.165) is 16.7 Å². The van der Waals surface area contributed by atoms with Crippen molar-refractivity contribution in [3.8, 4) is 16.9 Å². The third kappa shape index (κ3) is 4.66. The molecule has 4 rings (SSSR count). The molecule has 2 atom stereocenters. The summed E-state index contributed by atoms with van der Waals surface area (Å²) < 4.78 is 60.7. The molecule has 0 unspecified atom stereocenters. The summed E-state index contributed by atoms with van der Waals surface area (Å²) in [5.74, 6) is -0.629. The summed E-state index contributed by atoms with van der Waals surface area (Å²) in [6.45, 7) is 1.84. The number of alkyl halides is 3. The lowest BCUT2D eigenvalue weighted by atomic mass is 9.99. The SMILES string of the molecule is C[C@H]1OC(c2c(F)cccc2Cl)=N[C@H]1c1ccc(-c2ccc(OC(F)(F)F)cc2)cc1. The van der Waals surface area contributed by atoms with Crippen LogP contribution < -0.4 is 4.74 Å². The fraction of sp³-hybridized carbons (Fsp3) is 0.174. The number of benzene rings is 3. The van der Waals surface area contributed by atoms with Gasteiger partial charge < -0.3 is 9.47 Å². The Balaban J connectivity index is 1.55. The van der Waals surface area contributed by atoms with E-state index in [-0.39, 0.29) is 34.4 Å². The maximum absolute atomic E-state index is 14.2. The van der Waals surface area contributed by atoms with Crippen LogP contribution in [0, 0.1) is 5.82 Å². The summed E-state index contributed by atoms with van der Waals surface area (Å²) in [4.78, 5) is 4.53. The average molecular weight is 450 g/mol. The van der Waals surface area contributed by atoms with Crippen molar-refractivity contribution in [1.82, 2.24) is 0 Å². The van der Waals surface area contributed by atoms with Crippen LogP contribution in [0.15, 0.2) is 71.7 Å². The first-order valence-electron chi connectivity index (χ1n) is 9.36. The molecule has 0 aromatic heterocycles. The average Bonchev–Trinajstić information content (AvgIpc) is 3.08. The maximum Gasteiger partial charge on any atom is 0.573 e. The number of ether oxygens (including phenoxy) is 2. The van der Waals surface area contributed by atoms with Crippen LogP contribution in [0.1, 0.15) is 24.1 Å². The van der Waals surface area contributed by atoms with Crippen molar-refractivity contribution in [1.29, 1.82) is 0 Å². The molecule has 1 aliphatic heterocycles. The van der Waals surface area contributed by atoms with E-state index in [1.165, 1.54) is 24.3 Å². The van der Waals surface area contributed by atoms with Crippen LogP contribution in [-0.4, -0.2) is 18.4 Å². The Hall–Kier alpha value is -3.06. The fourth-order valence-electron chi connectivity index (χ4n) is 3.40. The van der Waals surface area contributed by atoms with E-state index in [1.807, 2.05) is 31.2 Å². The van der Waals surface area contributed by atoms with E-state index in [9.17, 15) is 17.6 Å². The minimum absolute atomic E-state index is 0.135. The normalized spacial score (nSPS) is 18.5. The molecule has 160 valence electrons. The van der Waals surface area contributed by atoms with Gasteiger partial charge in [-0.1, -0.05) is 54.1 Å². The number of halogens is 5. The van der Waals surface area contributed by atoms with Crippen molar-refractivity contribution < 1.29 is 27.0 Å². The van der Waals surface area contributed by atoms with Crippen LogP contribution in [0.2, 0.25) is 5.02 Å². The van der Waals surface area contributed by atoms with E-state index < -0.39 is 12.2 Å². The molecule has 0 N–H and O–H groups in total. The van der Waals surface area contributed by atoms with E-state index in [4.69, 9.17) is 16.3 Å². The lowest BCUT2D eigenvalue weighted by Crippen LogP contribution is -2.16. The largest absolute Gasteiger partial charge is 0.573 e. The van der Waals surface area contributed by atoms with Crippen molar-refractivity contribution in [3.63, 3.8) is 0 Å². The molecule has 3 aromatic rings. The molecular formula is C23H16ClF4NO2. The molecule has 0 fully saturated rings. The van der Waals surface area contributed by atoms with E-state index >= 15 is 0 Å². The highest BCUT2D eigenvalue weighted by molar-refractivity contribution is 6.33. The zero-order valence-corrected chi connectivity index (χ0v) is 16.9. The summed E-state index contributed by atoms with van der Waals surface area (Å²) in [6, 6.07) is 17.1. The predicted octanol–water partition coefficient (Wildman–Crippen LogP) is 6.95.